The Morgan fingerprint density at radius 3 is 2.72 bits per heavy atom. The fraction of sp³-hybridized carbons (Fsp3) is 0.600. The summed E-state index contributed by atoms with van der Waals surface area (Å²) < 4.78 is 1.17. The van der Waals surface area contributed by atoms with Crippen molar-refractivity contribution in [2.24, 2.45) is 0 Å². The third-order valence-electron chi connectivity index (χ3n) is 2.68. The number of rotatable bonds is 8. The van der Waals surface area contributed by atoms with Gasteiger partial charge in [0.05, 0.1) is 0 Å². The fourth-order valence-corrected chi connectivity index (χ4v) is 3.10. The number of thioether (sulfide) groups is 1. The average Bonchev–Trinajstić information content (AvgIpc) is 2.32. The summed E-state index contributed by atoms with van der Waals surface area (Å²) in [5, 5.41) is 4.36. The van der Waals surface area contributed by atoms with E-state index in [1.54, 1.807) is 0 Å². The molecule has 0 radical (unpaired) electrons. The van der Waals surface area contributed by atoms with Crippen molar-refractivity contribution >= 4 is 27.7 Å². The lowest BCUT2D eigenvalue weighted by Gasteiger charge is -2.19. The second-order valence-corrected chi connectivity index (χ2v) is 7.39. The van der Waals surface area contributed by atoms with Gasteiger partial charge in [-0.2, -0.15) is 11.8 Å². The van der Waals surface area contributed by atoms with Crippen molar-refractivity contribution in [1.82, 2.24) is 5.32 Å². The molecule has 102 valence electrons. The van der Waals surface area contributed by atoms with Gasteiger partial charge in [0, 0.05) is 16.3 Å². The van der Waals surface area contributed by atoms with Gasteiger partial charge < -0.3 is 5.32 Å². The van der Waals surface area contributed by atoms with Crippen LogP contribution in [0.2, 0.25) is 0 Å². The Kier molecular flexibility index (Phi) is 8.03. The lowest BCUT2D eigenvalue weighted by atomic mass is 10.1. The Hall–Kier alpha value is 0.01000. The molecule has 3 heteroatoms. The van der Waals surface area contributed by atoms with Crippen LogP contribution < -0.4 is 5.32 Å². The van der Waals surface area contributed by atoms with Crippen molar-refractivity contribution in [3.05, 3.63) is 34.3 Å². The van der Waals surface area contributed by atoms with Gasteiger partial charge in [0.25, 0.3) is 0 Å². The van der Waals surface area contributed by atoms with E-state index in [0.717, 1.165) is 13.0 Å². The first-order valence-electron chi connectivity index (χ1n) is 6.71. The van der Waals surface area contributed by atoms with Crippen LogP contribution in [0.15, 0.2) is 28.7 Å². The van der Waals surface area contributed by atoms with E-state index in [1.165, 1.54) is 22.2 Å². The molecule has 1 rings (SSSR count). The predicted octanol–water partition coefficient (Wildman–Crippen LogP) is 4.50. The van der Waals surface area contributed by atoms with Gasteiger partial charge in [-0.15, -0.1) is 0 Å². The highest BCUT2D eigenvalue weighted by atomic mass is 79.9. The van der Waals surface area contributed by atoms with Crippen LogP contribution in [0.3, 0.4) is 0 Å². The molecule has 1 unspecified atom stereocenters. The highest BCUT2D eigenvalue weighted by Crippen LogP contribution is 2.16. The van der Waals surface area contributed by atoms with Crippen molar-refractivity contribution in [3.63, 3.8) is 0 Å². The first-order chi connectivity index (χ1) is 8.61. The number of benzene rings is 1. The van der Waals surface area contributed by atoms with Crippen molar-refractivity contribution in [2.45, 2.75) is 44.9 Å². The van der Waals surface area contributed by atoms with Crippen LogP contribution in [0.5, 0.6) is 0 Å². The summed E-state index contributed by atoms with van der Waals surface area (Å²) in [5.41, 5.74) is 1.40. The Balaban J connectivity index is 2.53. The van der Waals surface area contributed by atoms with Crippen LogP contribution in [0.1, 0.15) is 32.8 Å². The Morgan fingerprint density at radius 1 is 1.33 bits per heavy atom. The maximum absolute atomic E-state index is 3.66. The van der Waals surface area contributed by atoms with E-state index in [9.17, 15) is 0 Å². The third kappa shape index (κ3) is 6.81. The van der Waals surface area contributed by atoms with Gasteiger partial charge in [0.1, 0.15) is 0 Å². The second kappa shape index (κ2) is 9.00. The standard InChI is InChI=1S/C15H24BrNS/c1-4-8-17-15(11-18-12(2)3)10-13-6-5-7-14(16)9-13/h5-7,9,12,15,17H,4,8,10-11H2,1-3H3. The first kappa shape index (κ1) is 16.1. The minimum Gasteiger partial charge on any atom is -0.313 e. The molecule has 0 heterocycles. The molecule has 0 aromatic heterocycles. The molecule has 1 aromatic rings. The van der Waals surface area contributed by atoms with Crippen LogP contribution >= 0.6 is 27.7 Å². The summed E-state index contributed by atoms with van der Waals surface area (Å²) in [4.78, 5) is 0. The molecule has 0 fully saturated rings. The molecule has 0 aliphatic carbocycles. The topological polar surface area (TPSA) is 12.0 Å². The summed E-state index contributed by atoms with van der Waals surface area (Å²) in [6, 6.07) is 9.21. The SMILES string of the molecule is CCCNC(CSC(C)C)Cc1cccc(Br)c1. The number of nitrogens with one attached hydrogen (secondary N) is 1. The fourth-order valence-electron chi connectivity index (χ4n) is 1.80. The minimum atomic E-state index is 0.576. The normalized spacial score (nSPS) is 12.9. The second-order valence-electron chi connectivity index (χ2n) is 4.87. The minimum absolute atomic E-state index is 0.576. The molecule has 1 atom stereocenters. The number of halogens is 1. The maximum atomic E-state index is 3.66. The summed E-state index contributed by atoms with van der Waals surface area (Å²) in [5.74, 6) is 1.18. The first-order valence-corrected chi connectivity index (χ1v) is 8.55. The van der Waals surface area contributed by atoms with Crippen molar-refractivity contribution in [1.29, 1.82) is 0 Å². The Labute approximate surface area is 124 Å². The lowest BCUT2D eigenvalue weighted by Crippen LogP contribution is -2.34. The number of hydrogen-bond acceptors (Lipinski definition) is 2. The Bertz CT molecular complexity index is 341. The molecule has 0 spiro atoms. The molecular weight excluding hydrogens is 306 g/mol. The van der Waals surface area contributed by atoms with Crippen molar-refractivity contribution < 1.29 is 0 Å². The van der Waals surface area contributed by atoms with E-state index in [0.29, 0.717) is 11.3 Å². The molecule has 1 nitrogen and oxygen atoms in total. The molecule has 1 N–H and O–H groups in total. The van der Waals surface area contributed by atoms with E-state index >= 15 is 0 Å². The van der Waals surface area contributed by atoms with Gasteiger partial charge >= 0.3 is 0 Å². The quantitative estimate of drug-likeness (QED) is 0.753. The van der Waals surface area contributed by atoms with Gasteiger partial charge in [-0.05, 0) is 42.3 Å². The van der Waals surface area contributed by atoms with E-state index in [-0.39, 0.29) is 0 Å². The van der Waals surface area contributed by atoms with Gasteiger partial charge in [-0.1, -0.05) is 48.8 Å². The van der Waals surface area contributed by atoms with E-state index in [4.69, 9.17) is 0 Å². The predicted molar refractivity (Wildman–Crippen MR) is 87.5 cm³/mol. The zero-order chi connectivity index (χ0) is 13.4. The van der Waals surface area contributed by atoms with Crippen LogP contribution in [-0.4, -0.2) is 23.6 Å². The van der Waals surface area contributed by atoms with Gasteiger partial charge in [-0.25, -0.2) is 0 Å². The molecule has 0 aliphatic rings. The highest BCUT2D eigenvalue weighted by Gasteiger charge is 2.10. The zero-order valence-corrected chi connectivity index (χ0v) is 14.0. The maximum Gasteiger partial charge on any atom is 0.0198 e. The van der Waals surface area contributed by atoms with Crippen molar-refractivity contribution in [3.8, 4) is 0 Å². The molecule has 18 heavy (non-hydrogen) atoms. The molecule has 0 saturated carbocycles. The summed E-state index contributed by atoms with van der Waals surface area (Å²) in [6.07, 6.45) is 2.31. The monoisotopic (exact) mass is 329 g/mol. The summed E-state index contributed by atoms with van der Waals surface area (Å²) in [6.45, 7) is 7.86. The molecule has 0 aliphatic heterocycles. The van der Waals surface area contributed by atoms with Gasteiger partial charge in [0.2, 0.25) is 0 Å². The zero-order valence-electron chi connectivity index (χ0n) is 11.6. The van der Waals surface area contributed by atoms with Crippen LogP contribution in [0.25, 0.3) is 0 Å². The molecule has 0 bridgehead atoms. The molecule has 0 saturated heterocycles. The summed E-state index contributed by atoms with van der Waals surface area (Å²) in [7, 11) is 0. The lowest BCUT2D eigenvalue weighted by molar-refractivity contribution is 0.549. The summed E-state index contributed by atoms with van der Waals surface area (Å²) >= 11 is 5.58. The van der Waals surface area contributed by atoms with Crippen LogP contribution in [-0.2, 0) is 6.42 Å². The van der Waals surface area contributed by atoms with Crippen molar-refractivity contribution in [2.75, 3.05) is 12.3 Å². The molecular formula is C15H24BrNS. The Morgan fingerprint density at radius 2 is 2.11 bits per heavy atom. The van der Waals surface area contributed by atoms with Gasteiger partial charge in [-0.3, -0.25) is 0 Å². The largest absolute Gasteiger partial charge is 0.313 e. The average molecular weight is 330 g/mol. The van der Waals surface area contributed by atoms with E-state index < -0.39 is 0 Å². The smallest absolute Gasteiger partial charge is 0.0198 e. The highest BCUT2D eigenvalue weighted by molar-refractivity contribution is 9.10. The number of hydrogen-bond donors (Lipinski definition) is 1. The van der Waals surface area contributed by atoms with E-state index in [2.05, 4.69) is 66.3 Å². The molecule has 0 amide bonds. The van der Waals surface area contributed by atoms with Crippen LogP contribution in [0, 0.1) is 0 Å². The third-order valence-corrected chi connectivity index (χ3v) is 4.44. The van der Waals surface area contributed by atoms with Gasteiger partial charge in [0.15, 0.2) is 0 Å². The van der Waals surface area contributed by atoms with Crippen LogP contribution in [0.4, 0.5) is 0 Å². The van der Waals surface area contributed by atoms with E-state index in [1.807, 2.05) is 11.8 Å². The molecule has 1 aromatic carbocycles.